The van der Waals surface area contributed by atoms with Crippen molar-refractivity contribution in [2.24, 2.45) is 0 Å². The Labute approximate surface area is 53.5 Å². The highest BCUT2D eigenvalue weighted by Gasteiger charge is 1.84. The minimum atomic E-state index is 0.442. The van der Waals surface area contributed by atoms with Gasteiger partial charge in [0.1, 0.15) is 5.82 Å². The Morgan fingerprint density at radius 3 is 2.67 bits per heavy atom. The zero-order chi connectivity index (χ0) is 6.69. The average molecular weight is 123 g/mol. The topological polar surface area (TPSA) is 39.2 Å². The molecule has 0 spiro atoms. The molecule has 0 aliphatic heterocycles. The maximum absolute atomic E-state index is 10.5. The Bertz CT molecular complexity index is 174. The summed E-state index contributed by atoms with van der Waals surface area (Å²) in [5.74, 6) is 0.442. The van der Waals surface area contributed by atoms with E-state index in [1.54, 1.807) is 24.4 Å². The van der Waals surface area contributed by atoms with Crippen LogP contribution < -0.4 is 5.06 Å². The zero-order valence-electron chi connectivity index (χ0n) is 5.11. The summed E-state index contributed by atoms with van der Waals surface area (Å²) < 4.78 is 0. The number of hydroxylamine groups is 1. The van der Waals surface area contributed by atoms with Gasteiger partial charge in [0.2, 0.25) is 0 Å². The van der Waals surface area contributed by atoms with Crippen molar-refractivity contribution in [1.29, 1.82) is 0 Å². The van der Waals surface area contributed by atoms with Gasteiger partial charge < -0.3 is 10.3 Å². The molecule has 0 N–H and O–H groups in total. The first-order valence-corrected chi connectivity index (χ1v) is 2.62. The third-order valence-electron chi connectivity index (χ3n) is 0.972. The molecule has 0 saturated carbocycles. The van der Waals surface area contributed by atoms with E-state index in [9.17, 15) is 5.21 Å². The van der Waals surface area contributed by atoms with E-state index in [2.05, 4.69) is 4.98 Å². The normalized spacial score (nSPS) is 9.11. The van der Waals surface area contributed by atoms with Crippen LogP contribution in [0.25, 0.3) is 0 Å². The Morgan fingerprint density at radius 1 is 1.56 bits per heavy atom. The maximum Gasteiger partial charge on any atom is 0.117 e. The first kappa shape index (κ1) is 6.04. The highest BCUT2D eigenvalue weighted by Crippen LogP contribution is 2.02. The van der Waals surface area contributed by atoms with E-state index in [-0.39, 0.29) is 0 Å². The van der Waals surface area contributed by atoms with Crippen LogP contribution in [0.4, 0.5) is 5.82 Å². The van der Waals surface area contributed by atoms with Crippen LogP contribution in [0.2, 0.25) is 0 Å². The van der Waals surface area contributed by atoms with Gasteiger partial charge in [-0.1, -0.05) is 6.07 Å². The third-order valence-corrected chi connectivity index (χ3v) is 0.972. The summed E-state index contributed by atoms with van der Waals surface area (Å²) >= 11 is 0. The summed E-state index contributed by atoms with van der Waals surface area (Å²) in [5, 5.41) is 11.2. The van der Waals surface area contributed by atoms with E-state index in [1.807, 2.05) is 0 Å². The van der Waals surface area contributed by atoms with Gasteiger partial charge >= 0.3 is 0 Å². The minimum absolute atomic E-state index is 0.442. The van der Waals surface area contributed by atoms with Crippen LogP contribution in [0.5, 0.6) is 0 Å². The maximum atomic E-state index is 10.5. The Balaban J connectivity index is 2.85. The quantitative estimate of drug-likeness (QED) is 0.523. The fraction of sp³-hybridized carbons (Fsp3) is 0.167. The van der Waals surface area contributed by atoms with Gasteiger partial charge in [-0.3, -0.25) is 0 Å². The minimum Gasteiger partial charge on any atom is -0.757 e. The van der Waals surface area contributed by atoms with Gasteiger partial charge in [-0.2, -0.15) is 0 Å². The van der Waals surface area contributed by atoms with Crippen molar-refractivity contribution in [3.63, 3.8) is 0 Å². The summed E-state index contributed by atoms with van der Waals surface area (Å²) in [7, 11) is 1.42. The van der Waals surface area contributed by atoms with Gasteiger partial charge in [-0.05, 0) is 19.2 Å². The predicted octanol–water partition coefficient (Wildman–Crippen LogP) is 1.02. The predicted molar refractivity (Wildman–Crippen MR) is 36.0 cm³/mol. The molecule has 0 aromatic carbocycles. The summed E-state index contributed by atoms with van der Waals surface area (Å²) in [6.45, 7) is 0. The number of nitrogens with zero attached hydrogens (tertiary/aromatic N) is 2. The van der Waals surface area contributed by atoms with Gasteiger partial charge in [0, 0.05) is 6.20 Å². The summed E-state index contributed by atoms with van der Waals surface area (Å²) in [6, 6.07) is 5.21. The molecule has 1 aromatic rings. The van der Waals surface area contributed by atoms with Crippen LogP contribution in [0.1, 0.15) is 0 Å². The van der Waals surface area contributed by atoms with E-state index < -0.39 is 0 Å². The van der Waals surface area contributed by atoms with Crippen molar-refractivity contribution < 1.29 is 0 Å². The molecule has 0 aliphatic carbocycles. The van der Waals surface area contributed by atoms with Crippen molar-refractivity contribution >= 4 is 5.82 Å². The summed E-state index contributed by atoms with van der Waals surface area (Å²) in [5.41, 5.74) is 0. The highest BCUT2D eigenvalue weighted by molar-refractivity contribution is 5.36. The number of hydrogen-bond acceptors (Lipinski definition) is 3. The van der Waals surface area contributed by atoms with Crippen molar-refractivity contribution in [1.82, 2.24) is 4.98 Å². The summed E-state index contributed by atoms with van der Waals surface area (Å²) in [4.78, 5) is 3.79. The lowest BCUT2D eigenvalue weighted by atomic mass is 10.5. The van der Waals surface area contributed by atoms with E-state index in [1.165, 1.54) is 7.05 Å². The van der Waals surface area contributed by atoms with Crippen LogP contribution in [-0.4, -0.2) is 12.0 Å². The number of rotatable bonds is 1. The smallest absolute Gasteiger partial charge is 0.117 e. The van der Waals surface area contributed by atoms with Crippen LogP contribution >= 0.6 is 0 Å². The molecular formula is C6H7N2O-. The molecule has 0 atom stereocenters. The molecule has 1 rings (SSSR count). The molecule has 0 bridgehead atoms. The molecule has 0 aliphatic rings. The Morgan fingerprint density at radius 2 is 2.33 bits per heavy atom. The van der Waals surface area contributed by atoms with Gasteiger partial charge in [0.25, 0.3) is 0 Å². The first-order valence-electron chi connectivity index (χ1n) is 2.62. The second-order valence-corrected chi connectivity index (χ2v) is 1.69. The van der Waals surface area contributed by atoms with Crippen LogP contribution in [0, 0.1) is 5.21 Å². The molecule has 1 heterocycles. The highest BCUT2D eigenvalue weighted by atomic mass is 16.5. The van der Waals surface area contributed by atoms with Crippen molar-refractivity contribution in [2.75, 3.05) is 12.1 Å². The van der Waals surface area contributed by atoms with Crippen LogP contribution in [0.3, 0.4) is 0 Å². The van der Waals surface area contributed by atoms with Crippen LogP contribution in [0.15, 0.2) is 24.4 Å². The number of hydrogen-bond donors (Lipinski definition) is 0. The fourth-order valence-electron chi connectivity index (χ4n) is 0.540. The number of pyridine rings is 1. The van der Waals surface area contributed by atoms with Gasteiger partial charge in [-0.25, -0.2) is 4.98 Å². The Kier molecular flexibility index (Phi) is 1.65. The molecule has 0 fully saturated rings. The van der Waals surface area contributed by atoms with Gasteiger partial charge in [-0.15, -0.1) is 0 Å². The molecule has 3 heteroatoms. The second kappa shape index (κ2) is 2.46. The summed E-state index contributed by atoms with van der Waals surface area (Å²) in [6.07, 6.45) is 1.59. The molecule has 0 unspecified atom stereocenters. The third kappa shape index (κ3) is 1.40. The first-order chi connectivity index (χ1) is 4.30. The molecule has 48 valence electrons. The molecule has 0 saturated heterocycles. The number of anilines is 1. The lowest BCUT2D eigenvalue weighted by Crippen LogP contribution is -2.06. The number of aromatic nitrogens is 1. The lowest BCUT2D eigenvalue weighted by molar-refractivity contribution is 1.13. The monoisotopic (exact) mass is 123 g/mol. The Hall–Kier alpha value is -1.09. The molecule has 3 nitrogen and oxygen atoms in total. The SMILES string of the molecule is CN([O-])c1ccccn1. The van der Waals surface area contributed by atoms with Gasteiger partial charge in [0.05, 0.1) is 0 Å². The van der Waals surface area contributed by atoms with Crippen LogP contribution in [-0.2, 0) is 0 Å². The second-order valence-electron chi connectivity index (χ2n) is 1.69. The average Bonchev–Trinajstić information content (AvgIpc) is 1.90. The molecule has 9 heavy (non-hydrogen) atoms. The van der Waals surface area contributed by atoms with Crippen molar-refractivity contribution in [3.8, 4) is 0 Å². The molecule has 1 aromatic heterocycles. The molecular weight excluding hydrogens is 116 g/mol. The van der Waals surface area contributed by atoms with Gasteiger partial charge in [0.15, 0.2) is 0 Å². The fourth-order valence-corrected chi connectivity index (χ4v) is 0.540. The molecule has 0 radical (unpaired) electrons. The van der Waals surface area contributed by atoms with E-state index in [0.29, 0.717) is 5.82 Å². The van der Waals surface area contributed by atoms with E-state index in [4.69, 9.17) is 0 Å². The largest absolute Gasteiger partial charge is 0.757 e. The lowest BCUT2D eigenvalue weighted by Gasteiger charge is -2.22. The van der Waals surface area contributed by atoms with Crippen molar-refractivity contribution in [2.45, 2.75) is 0 Å². The standard InChI is InChI=1S/C6H7N2O/c1-8(9)6-4-2-3-5-7-6/h2-5H,1H3/q-1. The van der Waals surface area contributed by atoms with E-state index >= 15 is 0 Å². The van der Waals surface area contributed by atoms with Crippen molar-refractivity contribution in [3.05, 3.63) is 29.6 Å². The zero-order valence-corrected chi connectivity index (χ0v) is 5.11. The van der Waals surface area contributed by atoms with E-state index in [0.717, 1.165) is 5.06 Å². The molecule has 0 amide bonds.